The highest BCUT2D eigenvalue weighted by Crippen LogP contribution is 2.41. The van der Waals surface area contributed by atoms with Crippen LogP contribution in [0.3, 0.4) is 0 Å². The molecule has 2 atom stereocenters. The van der Waals surface area contributed by atoms with Gasteiger partial charge in [0.05, 0.1) is 11.1 Å². The first-order valence-corrected chi connectivity index (χ1v) is 16.2. The lowest BCUT2D eigenvalue weighted by molar-refractivity contribution is -0.0363. The number of rotatable bonds is 8. The Hall–Kier alpha value is -3.68. The highest BCUT2D eigenvalue weighted by molar-refractivity contribution is 6.30. The van der Waals surface area contributed by atoms with Gasteiger partial charge in [0.1, 0.15) is 11.2 Å². The zero-order valence-electron chi connectivity index (χ0n) is 26.8. The van der Waals surface area contributed by atoms with E-state index in [1.54, 1.807) is 0 Å². The minimum atomic E-state index is -0.639. The molecule has 0 amide bonds. The summed E-state index contributed by atoms with van der Waals surface area (Å²) in [5, 5.41) is 1.36. The van der Waals surface area contributed by atoms with Crippen molar-refractivity contribution in [1.82, 2.24) is 9.80 Å². The van der Waals surface area contributed by atoms with E-state index in [9.17, 15) is 9.59 Å². The molecule has 4 aromatic carbocycles. The molecule has 2 aliphatic rings. The minimum absolute atomic E-state index is 0.249. The van der Waals surface area contributed by atoms with E-state index in [0.29, 0.717) is 34.0 Å². The summed E-state index contributed by atoms with van der Waals surface area (Å²) >= 11 is 12.0. The van der Waals surface area contributed by atoms with Gasteiger partial charge < -0.3 is 19.3 Å². The maximum atomic E-state index is 12.5. The molecular formula is C38H40Cl2N2O4. The van der Waals surface area contributed by atoms with Crippen LogP contribution in [0.25, 0.3) is 0 Å². The Morgan fingerprint density at radius 2 is 0.913 bits per heavy atom. The Labute approximate surface area is 281 Å². The molecule has 6 nitrogen and oxygen atoms in total. The standard InChI is InChI=1S/2C19H20ClNO2/c2*1-21(2)12-11-19(15-7-9-16(20)10-8-15)13-14-5-3-4-6-17(14)18(22)23-19/h2*3-10H,11-13H2,1-2H3/t2*19-/m10/s1. The van der Waals surface area contributed by atoms with Crippen LogP contribution in [0, 0.1) is 0 Å². The third-order valence-corrected chi connectivity index (χ3v) is 9.17. The number of cyclic esters (lactones) is 2. The van der Waals surface area contributed by atoms with Gasteiger partial charge in [0.25, 0.3) is 0 Å². The van der Waals surface area contributed by atoms with Gasteiger partial charge in [0, 0.05) is 48.8 Å². The van der Waals surface area contributed by atoms with Crippen molar-refractivity contribution in [3.63, 3.8) is 0 Å². The molecule has 0 radical (unpaired) electrons. The molecular weight excluding hydrogens is 619 g/mol. The van der Waals surface area contributed by atoms with Crippen LogP contribution in [-0.2, 0) is 33.5 Å². The molecule has 4 aromatic rings. The number of fused-ring (bicyclic) bond motifs is 2. The van der Waals surface area contributed by atoms with Gasteiger partial charge in [-0.1, -0.05) is 83.9 Å². The number of benzene rings is 4. The summed E-state index contributed by atoms with van der Waals surface area (Å²) in [6, 6.07) is 30.6. The summed E-state index contributed by atoms with van der Waals surface area (Å²) in [4.78, 5) is 29.3. The molecule has 2 aliphatic heterocycles. The van der Waals surface area contributed by atoms with Gasteiger partial charge in [0.15, 0.2) is 0 Å². The molecule has 6 rings (SSSR count). The molecule has 0 fully saturated rings. The first-order chi connectivity index (χ1) is 22.0. The van der Waals surface area contributed by atoms with E-state index in [4.69, 9.17) is 32.7 Å². The molecule has 0 saturated heterocycles. The Bertz CT molecular complexity index is 1550. The van der Waals surface area contributed by atoms with Crippen molar-refractivity contribution >= 4 is 35.1 Å². The van der Waals surface area contributed by atoms with Crippen molar-refractivity contribution in [1.29, 1.82) is 0 Å². The number of ether oxygens (including phenoxy) is 2. The molecule has 2 heterocycles. The molecule has 240 valence electrons. The van der Waals surface area contributed by atoms with E-state index in [2.05, 4.69) is 9.80 Å². The summed E-state index contributed by atoms with van der Waals surface area (Å²) in [6.07, 6.45) is 2.85. The molecule has 0 aliphatic carbocycles. The van der Waals surface area contributed by atoms with E-state index in [1.165, 1.54) is 0 Å². The second kappa shape index (κ2) is 14.4. The lowest BCUT2D eigenvalue weighted by Gasteiger charge is -2.38. The molecule has 0 saturated carbocycles. The van der Waals surface area contributed by atoms with Gasteiger partial charge in [-0.3, -0.25) is 0 Å². The van der Waals surface area contributed by atoms with Crippen molar-refractivity contribution in [2.75, 3.05) is 41.3 Å². The number of halogens is 2. The zero-order valence-corrected chi connectivity index (χ0v) is 28.3. The van der Waals surface area contributed by atoms with Crippen molar-refractivity contribution in [2.24, 2.45) is 0 Å². The predicted octanol–water partition coefficient (Wildman–Crippen LogP) is 7.80. The number of esters is 2. The van der Waals surface area contributed by atoms with E-state index >= 15 is 0 Å². The Morgan fingerprint density at radius 3 is 1.26 bits per heavy atom. The smallest absolute Gasteiger partial charge is 0.339 e. The van der Waals surface area contributed by atoms with Crippen molar-refractivity contribution < 1.29 is 19.1 Å². The predicted molar refractivity (Wildman–Crippen MR) is 184 cm³/mol. The maximum Gasteiger partial charge on any atom is 0.339 e. The lowest BCUT2D eigenvalue weighted by Crippen LogP contribution is -2.41. The fourth-order valence-corrected chi connectivity index (χ4v) is 6.36. The third kappa shape index (κ3) is 7.64. The lowest BCUT2D eigenvalue weighted by atomic mass is 9.81. The Kier molecular flexibility index (Phi) is 10.5. The summed E-state index contributed by atoms with van der Waals surface area (Å²) in [5.74, 6) is -0.499. The number of hydrogen-bond acceptors (Lipinski definition) is 6. The molecule has 8 heteroatoms. The fourth-order valence-electron chi connectivity index (χ4n) is 6.10. The van der Waals surface area contributed by atoms with E-state index < -0.39 is 11.2 Å². The highest BCUT2D eigenvalue weighted by atomic mass is 35.5. The molecule has 0 N–H and O–H groups in total. The van der Waals surface area contributed by atoms with Gasteiger partial charge in [0.2, 0.25) is 0 Å². The SMILES string of the molecule is CN(C)CC[C@@]1(c2ccc(Cl)cc2)Cc2ccccc2C(=O)O1.CN(C)CC[C@]1(c2ccc(Cl)cc2)Cc2ccccc2C(=O)O1. The number of nitrogens with zero attached hydrogens (tertiary/aromatic N) is 2. The number of hydrogen-bond donors (Lipinski definition) is 0. The Balaban J connectivity index is 0.000000181. The van der Waals surface area contributed by atoms with Crippen LogP contribution in [0.2, 0.25) is 10.0 Å². The van der Waals surface area contributed by atoms with Crippen LogP contribution in [0.1, 0.15) is 55.8 Å². The molecule has 0 aromatic heterocycles. The highest BCUT2D eigenvalue weighted by Gasteiger charge is 2.42. The maximum absolute atomic E-state index is 12.5. The van der Waals surface area contributed by atoms with Crippen LogP contribution in [0.15, 0.2) is 97.1 Å². The summed E-state index contributed by atoms with van der Waals surface area (Å²) in [5.41, 5.74) is 4.12. The molecule has 0 bridgehead atoms. The molecule has 46 heavy (non-hydrogen) atoms. The van der Waals surface area contributed by atoms with Crippen molar-refractivity contribution in [3.05, 3.63) is 140 Å². The average molecular weight is 660 g/mol. The normalized spacial score (nSPS) is 20.3. The van der Waals surface area contributed by atoms with Gasteiger partial charge in [-0.05, 0) is 86.8 Å². The first-order valence-electron chi connectivity index (χ1n) is 15.4. The average Bonchev–Trinajstić information content (AvgIpc) is 3.04. The van der Waals surface area contributed by atoms with Crippen LogP contribution >= 0.6 is 23.2 Å². The largest absolute Gasteiger partial charge is 0.450 e. The van der Waals surface area contributed by atoms with Crippen LogP contribution < -0.4 is 0 Å². The molecule has 0 spiro atoms. The fraction of sp³-hybridized carbons (Fsp3) is 0.316. The number of carbonyl (C=O) groups excluding carboxylic acids is 2. The van der Waals surface area contributed by atoms with E-state index in [1.807, 2.05) is 125 Å². The zero-order chi connectivity index (χ0) is 32.9. The summed E-state index contributed by atoms with van der Waals surface area (Å²) < 4.78 is 11.9. The van der Waals surface area contributed by atoms with Gasteiger partial charge in [-0.25, -0.2) is 9.59 Å². The first kappa shape index (κ1) is 33.7. The van der Waals surface area contributed by atoms with Gasteiger partial charge in [-0.15, -0.1) is 0 Å². The van der Waals surface area contributed by atoms with E-state index in [0.717, 1.165) is 48.2 Å². The van der Waals surface area contributed by atoms with E-state index in [-0.39, 0.29) is 11.9 Å². The molecule has 0 unspecified atom stereocenters. The summed E-state index contributed by atoms with van der Waals surface area (Å²) in [7, 11) is 8.09. The quantitative estimate of drug-likeness (QED) is 0.180. The van der Waals surface area contributed by atoms with Crippen LogP contribution in [-0.4, -0.2) is 63.0 Å². The minimum Gasteiger partial charge on any atom is -0.450 e. The number of carbonyl (C=O) groups is 2. The second-order valence-electron chi connectivity index (χ2n) is 12.6. The van der Waals surface area contributed by atoms with Gasteiger partial charge >= 0.3 is 11.9 Å². The topological polar surface area (TPSA) is 59.1 Å². The van der Waals surface area contributed by atoms with Crippen LogP contribution in [0.4, 0.5) is 0 Å². The summed E-state index contributed by atoms with van der Waals surface area (Å²) in [6.45, 7) is 1.66. The van der Waals surface area contributed by atoms with Crippen molar-refractivity contribution in [2.45, 2.75) is 36.9 Å². The third-order valence-electron chi connectivity index (χ3n) is 8.67. The monoisotopic (exact) mass is 658 g/mol. The Morgan fingerprint density at radius 1 is 0.565 bits per heavy atom. The second-order valence-corrected chi connectivity index (χ2v) is 13.4. The van der Waals surface area contributed by atoms with Crippen LogP contribution in [0.5, 0.6) is 0 Å². The van der Waals surface area contributed by atoms with Crippen molar-refractivity contribution in [3.8, 4) is 0 Å². The van der Waals surface area contributed by atoms with Gasteiger partial charge in [-0.2, -0.15) is 0 Å².